The molecule has 0 amide bonds. The molecule has 0 atom stereocenters. The van der Waals surface area contributed by atoms with E-state index in [0.717, 1.165) is 5.56 Å². The molecule has 88 valence electrons. The second-order valence-electron chi connectivity index (χ2n) is 3.71. The predicted octanol–water partition coefficient (Wildman–Crippen LogP) is 2.78. The molecule has 2 aromatic rings. The minimum atomic E-state index is -0.407. The van der Waals surface area contributed by atoms with Gasteiger partial charge in [0.1, 0.15) is 0 Å². The normalized spacial score (nSPS) is 10.3. The van der Waals surface area contributed by atoms with Crippen molar-refractivity contribution in [2.24, 2.45) is 5.73 Å². The predicted molar refractivity (Wildman–Crippen MR) is 63.3 cm³/mol. The Balaban J connectivity index is 2.27. The molecule has 1 aromatic heterocycles. The summed E-state index contributed by atoms with van der Waals surface area (Å²) in [6.45, 7) is 2.20. The van der Waals surface area contributed by atoms with E-state index in [2.05, 4.69) is 4.98 Å². The molecule has 0 fully saturated rings. The summed E-state index contributed by atoms with van der Waals surface area (Å²) < 4.78 is 18.9. The highest BCUT2D eigenvalue weighted by Crippen LogP contribution is 2.24. The van der Waals surface area contributed by atoms with Crippen molar-refractivity contribution in [3.8, 4) is 11.6 Å². The van der Waals surface area contributed by atoms with E-state index < -0.39 is 5.82 Å². The smallest absolute Gasteiger partial charge is 0.219 e. The van der Waals surface area contributed by atoms with Gasteiger partial charge in [0.05, 0.1) is 5.69 Å². The fourth-order valence-electron chi connectivity index (χ4n) is 1.43. The third-order valence-corrected chi connectivity index (χ3v) is 2.29. The maximum absolute atomic E-state index is 13.5. The van der Waals surface area contributed by atoms with Gasteiger partial charge in [-0.2, -0.15) is 0 Å². The van der Waals surface area contributed by atoms with Gasteiger partial charge in [-0.25, -0.2) is 9.37 Å². The van der Waals surface area contributed by atoms with Crippen LogP contribution in [-0.4, -0.2) is 4.98 Å². The Morgan fingerprint density at radius 2 is 2.12 bits per heavy atom. The Bertz CT molecular complexity index is 529. The van der Waals surface area contributed by atoms with Crippen molar-refractivity contribution in [2.45, 2.75) is 13.5 Å². The lowest BCUT2D eigenvalue weighted by molar-refractivity contribution is 0.425. The van der Waals surface area contributed by atoms with E-state index in [1.165, 1.54) is 6.07 Å². The number of pyridine rings is 1. The van der Waals surface area contributed by atoms with Gasteiger partial charge in [-0.05, 0) is 30.7 Å². The van der Waals surface area contributed by atoms with Crippen LogP contribution in [0.2, 0.25) is 0 Å². The highest BCUT2D eigenvalue weighted by Gasteiger charge is 2.06. The molecule has 0 aliphatic carbocycles. The van der Waals surface area contributed by atoms with Gasteiger partial charge in [-0.3, -0.25) is 0 Å². The van der Waals surface area contributed by atoms with E-state index >= 15 is 0 Å². The number of nitrogens with two attached hydrogens (primary N) is 1. The first-order chi connectivity index (χ1) is 8.19. The number of benzene rings is 1. The summed E-state index contributed by atoms with van der Waals surface area (Å²) in [6.07, 6.45) is 0. The lowest BCUT2D eigenvalue weighted by Gasteiger charge is -2.07. The number of rotatable bonds is 3. The van der Waals surface area contributed by atoms with Gasteiger partial charge in [0.2, 0.25) is 5.88 Å². The summed E-state index contributed by atoms with van der Waals surface area (Å²) >= 11 is 0. The van der Waals surface area contributed by atoms with Crippen molar-refractivity contribution in [2.75, 3.05) is 0 Å². The monoisotopic (exact) mass is 232 g/mol. The molecule has 0 aliphatic heterocycles. The first kappa shape index (κ1) is 11.5. The lowest BCUT2D eigenvalue weighted by atomic mass is 10.2. The molecule has 0 spiro atoms. The number of hydrogen-bond acceptors (Lipinski definition) is 3. The second kappa shape index (κ2) is 4.93. The van der Waals surface area contributed by atoms with Crippen LogP contribution in [0.15, 0.2) is 36.4 Å². The zero-order valence-corrected chi connectivity index (χ0v) is 9.48. The van der Waals surface area contributed by atoms with Crippen molar-refractivity contribution < 1.29 is 9.13 Å². The van der Waals surface area contributed by atoms with Gasteiger partial charge in [-0.1, -0.05) is 12.1 Å². The zero-order valence-electron chi connectivity index (χ0n) is 9.48. The quantitative estimate of drug-likeness (QED) is 0.885. The maximum atomic E-state index is 13.5. The summed E-state index contributed by atoms with van der Waals surface area (Å²) in [5.41, 5.74) is 7.11. The van der Waals surface area contributed by atoms with Crippen molar-refractivity contribution in [3.63, 3.8) is 0 Å². The fourth-order valence-corrected chi connectivity index (χ4v) is 1.43. The number of nitrogens with zero attached hydrogens (tertiary/aromatic N) is 1. The van der Waals surface area contributed by atoms with Crippen LogP contribution in [0.1, 0.15) is 11.3 Å². The molecule has 0 bridgehead atoms. The van der Waals surface area contributed by atoms with Gasteiger partial charge in [0, 0.05) is 12.6 Å². The molecular weight excluding hydrogens is 219 g/mol. The summed E-state index contributed by atoms with van der Waals surface area (Å²) in [4.78, 5) is 4.14. The third-order valence-electron chi connectivity index (χ3n) is 2.29. The SMILES string of the molecule is Cc1ccc(F)c(Oc2cccc(CN)n2)c1. The van der Waals surface area contributed by atoms with E-state index in [1.54, 1.807) is 30.3 Å². The van der Waals surface area contributed by atoms with Crippen LogP contribution in [0.25, 0.3) is 0 Å². The molecule has 2 N–H and O–H groups in total. The summed E-state index contributed by atoms with van der Waals surface area (Å²) in [6, 6.07) is 9.92. The Morgan fingerprint density at radius 1 is 1.29 bits per heavy atom. The van der Waals surface area contributed by atoms with Crippen LogP contribution in [0.3, 0.4) is 0 Å². The Kier molecular flexibility index (Phi) is 3.35. The number of aromatic nitrogens is 1. The maximum Gasteiger partial charge on any atom is 0.219 e. The molecule has 2 rings (SSSR count). The third kappa shape index (κ3) is 2.79. The average molecular weight is 232 g/mol. The van der Waals surface area contributed by atoms with E-state index in [1.807, 2.05) is 6.92 Å². The van der Waals surface area contributed by atoms with Crippen LogP contribution in [-0.2, 0) is 6.54 Å². The van der Waals surface area contributed by atoms with Crippen LogP contribution in [0.4, 0.5) is 4.39 Å². The lowest BCUT2D eigenvalue weighted by Crippen LogP contribution is -2.00. The second-order valence-corrected chi connectivity index (χ2v) is 3.71. The molecule has 0 aliphatic rings. The van der Waals surface area contributed by atoms with Gasteiger partial charge < -0.3 is 10.5 Å². The molecule has 0 unspecified atom stereocenters. The van der Waals surface area contributed by atoms with Crippen molar-refractivity contribution in [1.82, 2.24) is 4.98 Å². The van der Waals surface area contributed by atoms with Crippen molar-refractivity contribution >= 4 is 0 Å². The molecule has 4 heteroatoms. The standard InChI is InChI=1S/C13H13FN2O/c1-9-5-6-11(14)12(7-9)17-13-4-2-3-10(8-15)16-13/h2-7H,8,15H2,1H3. The fraction of sp³-hybridized carbons (Fsp3) is 0.154. The van der Waals surface area contributed by atoms with E-state index in [-0.39, 0.29) is 5.75 Å². The first-order valence-corrected chi connectivity index (χ1v) is 5.29. The number of hydrogen-bond donors (Lipinski definition) is 1. The molecular formula is C13H13FN2O. The van der Waals surface area contributed by atoms with E-state index in [4.69, 9.17) is 10.5 Å². The molecule has 17 heavy (non-hydrogen) atoms. The Morgan fingerprint density at radius 3 is 2.88 bits per heavy atom. The largest absolute Gasteiger partial charge is 0.436 e. The topological polar surface area (TPSA) is 48.1 Å². The number of ether oxygens (including phenoxy) is 1. The van der Waals surface area contributed by atoms with E-state index in [9.17, 15) is 4.39 Å². The Labute approximate surface area is 99.1 Å². The molecule has 0 saturated heterocycles. The first-order valence-electron chi connectivity index (χ1n) is 5.29. The molecule has 1 heterocycles. The van der Waals surface area contributed by atoms with Gasteiger partial charge in [0.25, 0.3) is 0 Å². The summed E-state index contributed by atoms with van der Waals surface area (Å²) in [5.74, 6) is 0.111. The van der Waals surface area contributed by atoms with Gasteiger partial charge >= 0.3 is 0 Å². The van der Waals surface area contributed by atoms with Crippen LogP contribution in [0, 0.1) is 12.7 Å². The summed E-state index contributed by atoms with van der Waals surface area (Å²) in [7, 11) is 0. The molecule has 3 nitrogen and oxygen atoms in total. The Hall–Kier alpha value is -1.94. The minimum Gasteiger partial charge on any atom is -0.436 e. The van der Waals surface area contributed by atoms with Crippen LogP contribution in [0.5, 0.6) is 11.6 Å². The van der Waals surface area contributed by atoms with Crippen molar-refractivity contribution in [3.05, 3.63) is 53.5 Å². The van der Waals surface area contributed by atoms with Crippen LogP contribution < -0.4 is 10.5 Å². The van der Waals surface area contributed by atoms with Crippen molar-refractivity contribution in [1.29, 1.82) is 0 Å². The molecule has 0 radical (unpaired) electrons. The number of aryl methyl sites for hydroxylation is 1. The van der Waals surface area contributed by atoms with Gasteiger partial charge in [0.15, 0.2) is 11.6 Å². The van der Waals surface area contributed by atoms with E-state index in [0.29, 0.717) is 18.1 Å². The summed E-state index contributed by atoms with van der Waals surface area (Å²) in [5, 5.41) is 0. The highest BCUT2D eigenvalue weighted by molar-refractivity contribution is 5.32. The van der Waals surface area contributed by atoms with Crippen LogP contribution >= 0.6 is 0 Å². The minimum absolute atomic E-state index is 0.173. The molecule has 1 aromatic carbocycles. The number of halogens is 1. The zero-order chi connectivity index (χ0) is 12.3. The average Bonchev–Trinajstić information content (AvgIpc) is 2.34. The van der Waals surface area contributed by atoms with Gasteiger partial charge in [-0.15, -0.1) is 0 Å². The highest BCUT2D eigenvalue weighted by atomic mass is 19.1. The molecule has 0 saturated carbocycles.